The number of aryl methyl sites for hydroxylation is 2. The predicted molar refractivity (Wildman–Crippen MR) is 99.8 cm³/mol. The molecule has 1 heterocycles. The average Bonchev–Trinajstić information content (AvgIpc) is 2.99. The first-order chi connectivity index (χ1) is 12.1. The van der Waals surface area contributed by atoms with Crippen molar-refractivity contribution in [3.63, 3.8) is 0 Å². The van der Waals surface area contributed by atoms with Crippen molar-refractivity contribution < 1.29 is 4.79 Å². The molecule has 0 atom stereocenters. The van der Waals surface area contributed by atoms with Crippen molar-refractivity contribution in [2.24, 2.45) is 0 Å². The minimum absolute atomic E-state index is 0.0229. The molecule has 1 aromatic heterocycles. The molecule has 5 nitrogen and oxygen atoms in total. The number of hydrogen-bond donors (Lipinski definition) is 1. The Hall–Kier alpha value is -2.60. The molecule has 3 rings (SSSR count). The molecule has 0 saturated heterocycles. The van der Waals surface area contributed by atoms with Crippen LogP contribution in [0.4, 0.5) is 0 Å². The van der Waals surface area contributed by atoms with Crippen molar-refractivity contribution in [3.8, 4) is 5.69 Å². The first-order valence-electron chi connectivity index (χ1n) is 8.06. The van der Waals surface area contributed by atoms with E-state index in [1.54, 1.807) is 0 Å². The van der Waals surface area contributed by atoms with E-state index >= 15 is 0 Å². The third kappa shape index (κ3) is 4.48. The molecule has 128 valence electrons. The molecule has 0 saturated carbocycles. The maximum atomic E-state index is 12.1. The Morgan fingerprint density at radius 2 is 1.88 bits per heavy atom. The molecule has 0 aliphatic rings. The Morgan fingerprint density at radius 1 is 1.08 bits per heavy atom. The fourth-order valence-electron chi connectivity index (χ4n) is 2.48. The summed E-state index contributed by atoms with van der Waals surface area (Å²) in [6.45, 7) is 4.49. The summed E-state index contributed by atoms with van der Waals surface area (Å²) in [5.74, 6) is 1.08. The Labute approximate surface area is 151 Å². The number of carbonyl (C=O) groups excluding carboxylic acids is 1. The molecule has 0 radical (unpaired) electrons. The standard InChI is InChI=1S/C19H20N4OS/c1-14-7-6-10-17(11-14)23-15(2)21-22-19(23)25-13-18(24)20-12-16-8-4-3-5-9-16/h3-11H,12-13H2,1-2H3,(H,20,24). The topological polar surface area (TPSA) is 59.8 Å². The van der Waals surface area contributed by atoms with Gasteiger partial charge in [-0.3, -0.25) is 9.36 Å². The molecule has 0 bridgehead atoms. The fraction of sp³-hybridized carbons (Fsp3) is 0.211. The van der Waals surface area contributed by atoms with Gasteiger partial charge >= 0.3 is 0 Å². The van der Waals surface area contributed by atoms with Crippen molar-refractivity contribution >= 4 is 17.7 Å². The fourth-order valence-corrected chi connectivity index (χ4v) is 3.31. The van der Waals surface area contributed by atoms with Gasteiger partial charge in [-0.2, -0.15) is 0 Å². The third-order valence-electron chi connectivity index (χ3n) is 3.72. The van der Waals surface area contributed by atoms with Crippen LogP contribution >= 0.6 is 11.8 Å². The number of benzene rings is 2. The highest BCUT2D eigenvalue weighted by atomic mass is 32.2. The van der Waals surface area contributed by atoms with Crippen LogP contribution in [0.2, 0.25) is 0 Å². The number of nitrogens with one attached hydrogen (secondary N) is 1. The van der Waals surface area contributed by atoms with Crippen molar-refractivity contribution in [2.45, 2.75) is 25.5 Å². The molecular formula is C19H20N4OS. The molecule has 2 aromatic carbocycles. The van der Waals surface area contributed by atoms with Gasteiger partial charge in [0.25, 0.3) is 0 Å². The van der Waals surface area contributed by atoms with Crippen LogP contribution in [-0.2, 0) is 11.3 Å². The van der Waals surface area contributed by atoms with Crippen LogP contribution < -0.4 is 5.32 Å². The molecule has 25 heavy (non-hydrogen) atoms. The van der Waals surface area contributed by atoms with Gasteiger partial charge in [-0.05, 0) is 37.1 Å². The molecular weight excluding hydrogens is 332 g/mol. The monoisotopic (exact) mass is 352 g/mol. The number of aromatic nitrogens is 3. The second-order valence-corrected chi connectivity index (χ2v) is 6.70. The first-order valence-corrected chi connectivity index (χ1v) is 9.04. The second kappa shape index (κ2) is 7.98. The van der Waals surface area contributed by atoms with E-state index < -0.39 is 0 Å². The molecule has 1 N–H and O–H groups in total. The van der Waals surface area contributed by atoms with E-state index in [1.807, 2.05) is 66.9 Å². The number of hydrogen-bond acceptors (Lipinski definition) is 4. The zero-order valence-corrected chi connectivity index (χ0v) is 15.1. The largest absolute Gasteiger partial charge is 0.351 e. The highest BCUT2D eigenvalue weighted by molar-refractivity contribution is 7.99. The number of rotatable bonds is 6. The summed E-state index contributed by atoms with van der Waals surface area (Å²) in [6.07, 6.45) is 0. The molecule has 0 spiro atoms. The summed E-state index contributed by atoms with van der Waals surface area (Å²) < 4.78 is 1.97. The van der Waals surface area contributed by atoms with E-state index in [4.69, 9.17) is 0 Å². The van der Waals surface area contributed by atoms with Gasteiger partial charge in [0.05, 0.1) is 5.75 Å². The number of thioether (sulfide) groups is 1. The van der Waals surface area contributed by atoms with Gasteiger partial charge in [0.1, 0.15) is 5.82 Å². The van der Waals surface area contributed by atoms with Crippen LogP contribution in [0, 0.1) is 13.8 Å². The van der Waals surface area contributed by atoms with E-state index in [2.05, 4.69) is 21.6 Å². The smallest absolute Gasteiger partial charge is 0.230 e. The van der Waals surface area contributed by atoms with Gasteiger partial charge in [-0.25, -0.2) is 0 Å². The lowest BCUT2D eigenvalue weighted by molar-refractivity contribution is -0.118. The van der Waals surface area contributed by atoms with E-state index in [1.165, 1.54) is 17.3 Å². The van der Waals surface area contributed by atoms with Gasteiger partial charge in [-0.15, -0.1) is 10.2 Å². The summed E-state index contributed by atoms with van der Waals surface area (Å²) in [4.78, 5) is 12.1. The van der Waals surface area contributed by atoms with Crippen LogP contribution in [0.1, 0.15) is 17.0 Å². The normalized spacial score (nSPS) is 10.6. The van der Waals surface area contributed by atoms with E-state index in [0.717, 1.165) is 22.2 Å². The maximum absolute atomic E-state index is 12.1. The molecule has 0 aliphatic carbocycles. The summed E-state index contributed by atoms with van der Waals surface area (Å²) in [6, 6.07) is 18.0. The lowest BCUT2D eigenvalue weighted by atomic mass is 10.2. The zero-order valence-electron chi connectivity index (χ0n) is 14.3. The van der Waals surface area contributed by atoms with Crippen LogP contribution in [0.15, 0.2) is 59.8 Å². The van der Waals surface area contributed by atoms with Crippen LogP contribution in [0.3, 0.4) is 0 Å². The first kappa shape index (κ1) is 17.2. The van der Waals surface area contributed by atoms with Gasteiger partial charge in [0.15, 0.2) is 5.16 Å². The number of carbonyl (C=O) groups is 1. The van der Waals surface area contributed by atoms with Crippen LogP contribution in [0.25, 0.3) is 5.69 Å². The average molecular weight is 352 g/mol. The Balaban J connectivity index is 1.63. The predicted octanol–water partition coefficient (Wildman–Crippen LogP) is 3.29. The van der Waals surface area contributed by atoms with Crippen molar-refractivity contribution in [2.75, 3.05) is 5.75 Å². The Bertz CT molecular complexity index is 861. The highest BCUT2D eigenvalue weighted by Gasteiger charge is 2.13. The summed E-state index contributed by atoms with van der Waals surface area (Å²) >= 11 is 1.39. The summed E-state index contributed by atoms with van der Waals surface area (Å²) in [5, 5.41) is 12.0. The maximum Gasteiger partial charge on any atom is 0.230 e. The second-order valence-electron chi connectivity index (χ2n) is 5.76. The lowest BCUT2D eigenvalue weighted by Crippen LogP contribution is -2.24. The van der Waals surface area contributed by atoms with Crippen LogP contribution in [0.5, 0.6) is 0 Å². The van der Waals surface area contributed by atoms with Crippen LogP contribution in [-0.4, -0.2) is 26.4 Å². The van der Waals surface area contributed by atoms with E-state index in [0.29, 0.717) is 12.3 Å². The van der Waals surface area contributed by atoms with Gasteiger partial charge in [0.2, 0.25) is 5.91 Å². The quantitative estimate of drug-likeness (QED) is 0.692. The SMILES string of the molecule is Cc1cccc(-n2c(C)nnc2SCC(=O)NCc2ccccc2)c1. The lowest BCUT2D eigenvalue weighted by Gasteiger charge is -2.09. The Morgan fingerprint density at radius 3 is 2.64 bits per heavy atom. The minimum Gasteiger partial charge on any atom is -0.351 e. The van der Waals surface area contributed by atoms with E-state index in [9.17, 15) is 4.79 Å². The zero-order chi connectivity index (χ0) is 17.6. The number of amides is 1. The van der Waals surface area contributed by atoms with Gasteiger partial charge in [0, 0.05) is 12.2 Å². The summed E-state index contributed by atoms with van der Waals surface area (Å²) in [7, 11) is 0. The highest BCUT2D eigenvalue weighted by Crippen LogP contribution is 2.22. The number of nitrogens with zero attached hydrogens (tertiary/aromatic N) is 3. The molecule has 0 fully saturated rings. The van der Waals surface area contributed by atoms with Gasteiger partial charge in [-0.1, -0.05) is 54.2 Å². The van der Waals surface area contributed by atoms with Gasteiger partial charge < -0.3 is 5.32 Å². The van der Waals surface area contributed by atoms with Crippen molar-refractivity contribution in [1.82, 2.24) is 20.1 Å². The Kier molecular flexibility index (Phi) is 5.50. The molecule has 3 aromatic rings. The molecule has 0 aliphatic heterocycles. The molecule has 6 heteroatoms. The molecule has 1 amide bonds. The third-order valence-corrected chi connectivity index (χ3v) is 4.65. The minimum atomic E-state index is -0.0229. The molecule has 0 unspecified atom stereocenters. The van der Waals surface area contributed by atoms with Crippen molar-refractivity contribution in [1.29, 1.82) is 0 Å². The van der Waals surface area contributed by atoms with Crippen molar-refractivity contribution in [3.05, 3.63) is 71.5 Å². The van der Waals surface area contributed by atoms with E-state index in [-0.39, 0.29) is 5.91 Å². The summed E-state index contributed by atoms with van der Waals surface area (Å²) in [5.41, 5.74) is 3.26.